The molecule has 1 aromatic heterocycles. The van der Waals surface area contributed by atoms with Crippen molar-refractivity contribution in [1.29, 1.82) is 0 Å². The topological polar surface area (TPSA) is 71.2 Å². The van der Waals surface area contributed by atoms with Crippen molar-refractivity contribution >= 4 is 17.4 Å². The van der Waals surface area contributed by atoms with Crippen LogP contribution in [0, 0.1) is 5.92 Å². The molecule has 1 amide bonds. The summed E-state index contributed by atoms with van der Waals surface area (Å²) in [4.78, 5) is 18.6. The number of nitrogens with zero attached hydrogens (tertiary/aromatic N) is 2. The molecule has 1 aromatic rings. The number of nitrogens with two attached hydrogens (primary N) is 1. The first kappa shape index (κ1) is 14.8. The molecule has 2 rings (SSSR count). The lowest BCUT2D eigenvalue weighted by Gasteiger charge is -2.16. The summed E-state index contributed by atoms with van der Waals surface area (Å²) < 4.78 is 0. The van der Waals surface area contributed by atoms with Gasteiger partial charge >= 0.3 is 0 Å². The molecule has 0 aromatic carbocycles. The summed E-state index contributed by atoms with van der Waals surface area (Å²) in [5, 5.41) is 2.88. The second kappa shape index (κ2) is 7.24. The third-order valence-electron chi connectivity index (χ3n) is 3.85. The number of anilines is 2. The van der Waals surface area contributed by atoms with Crippen LogP contribution in [0.15, 0.2) is 18.3 Å². The number of amides is 1. The van der Waals surface area contributed by atoms with Crippen LogP contribution in [-0.2, 0) is 4.79 Å². The van der Waals surface area contributed by atoms with Crippen LogP contribution in [0.3, 0.4) is 0 Å². The summed E-state index contributed by atoms with van der Waals surface area (Å²) in [6.45, 7) is 4.76. The Morgan fingerprint density at radius 3 is 2.75 bits per heavy atom. The van der Waals surface area contributed by atoms with Crippen molar-refractivity contribution in [2.45, 2.75) is 32.6 Å². The normalized spacial score (nSPS) is 16.2. The van der Waals surface area contributed by atoms with Gasteiger partial charge in [0, 0.05) is 19.5 Å². The molecule has 0 spiro atoms. The van der Waals surface area contributed by atoms with Crippen molar-refractivity contribution in [3.63, 3.8) is 0 Å². The molecule has 1 saturated heterocycles. The minimum atomic E-state index is 0.0121. The Morgan fingerprint density at radius 2 is 2.20 bits per heavy atom. The highest BCUT2D eigenvalue weighted by Gasteiger charge is 2.14. The molecular weight excluding hydrogens is 252 g/mol. The van der Waals surface area contributed by atoms with Gasteiger partial charge in [0.25, 0.3) is 0 Å². The zero-order valence-corrected chi connectivity index (χ0v) is 12.1. The Bertz CT molecular complexity index is 422. The van der Waals surface area contributed by atoms with E-state index in [4.69, 9.17) is 5.73 Å². The molecule has 1 atom stereocenters. The number of hydrogen-bond donors (Lipinski definition) is 2. The van der Waals surface area contributed by atoms with E-state index >= 15 is 0 Å². The maximum atomic E-state index is 11.9. The predicted molar refractivity (Wildman–Crippen MR) is 81.8 cm³/mol. The van der Waals surface area contributed by atoms with Crippen LogP contribution < -0.4 is 16.0 Å². The molecule has 5 nitrogen and oxygen atoms in total. The smallest absolute Gasteiger partial charge is 0.224 e. The standard InChI is InChI=1S/C15H24N4O/c1-2-12(10-16)9-15(20)18-13-5-6-14(17-11-13)19-7-3-4-8-19/h5-6,11-12H,2-4,7-10,16H2,1H3,(H,18,20). The predicted octanol–water partition coefficient (Wildman–Crippen LogP) is 2.00. The molecule has 5 heteroatoms. The van der Waals surface area contributed by atoms with E-state index in [0.717, 1.165) is 31.0 Å². The summed E-state index contributed by atoms with van der Waals surface area (Å²) >= 11 is 0. The first-order valence-corrected chi connectivity index (χ1v) is 7.44. The Hall–Kier alpha value is -1.62. The van der Waals surface area contributed by atoms with E-state index < -0.39 is 0 Å². The third-order valence-corrected chi connectivity index (χ3v) is 3.85. The van der Waals surface area contributed by atoms with Gasteiger partial charge in [-0.2, -0.15) is 0 Å². The van der Waals surface area contributed by atoms with Crippen molar-refractivity contribution in [1.82, 2.24) is 4.98 Å². The molecule has 2 heterocycles. The third kappa shape index (κ3) is 3.93. The first-order valence-electron chi connectivity index (χ1n) is 7.44. The molecule has 110 valence electrons. The van der Waals surface area contributed by atoms with Gasteiger partial charge in [-0.15, -0.1) is 0 Å². The van der Waals surface area contributed by atoms with Gasteiger partial charge in [-0.25, -0.2) is 4.98 Å². The van der Waals surface area contributed by atoms with Crippen LogP contribution in [0.1, 0.15) is 32.6 Å². The van der Waals surface area contributed by atoms with E-state index in [2.05, 4.69) is 22.1 Å². The maximum Gasteiger partial charge on any atom is 0.224 e. The maximum absolute atomic E-state index is 11.9. The minimum Gasteiger partial charge on any atom is -0.357 e. The summed E-state index contributed by atoms with van der Waals surface area (Å²) in [5.74, 6) is 1.26. The number of rotatable bonds is 6. The fourth-order valence-electron chi connectivity index (χ4n) is 2.46. The molecule has 0 radical (unpaired) electrons. The quantitative estimate of drug-likeness (QED) is 0.833. The number of carbonyl (C=O) groups is 1. The molecule has 0 bridgehead atoms. The largest absolute Gasteiger partial charge is 0.357 e. The zero-order valence-electron chi connectivity index (χ0n) is 12.1. The highest BCUT2D eigenvalue weighted by Crippen LogP contribution is 2.19. The lowest BCUT2D eigenvalue weighted by Crippen LogP contribution is -2.22. The van der Waals surface area contributed by atoms with Gasteiger partial charge in [0.1, 0.15) is 5.82 Å². The van der Waals surface area contributed by atoms with Gasteiger partial charge in [-0.05, 0) is 37.4 Å². The Balaban J connectivity index is 1.88. The molecule has 1 unspecified atom stereocenters. The summed E-state index contributed by atoms with van der Waals surface area (Å²) in [6.07, 6.45) is 5.60. The molecule has 1 aliphatic heterocycles. The number of pyridine rings is 1. The summed E-state index contributed by atoms with van der Waals surface area (Å²) in [7, 11) is 0. The average Bonchev–Trinajstić information content (AvgIpc) is 2.99. The molecule has 1 fully saturated rings. The fraction of sp³-hybridized carbons (Fsp3) is 0.600. The van der Waals surface area contributed by atoms with E-state index in [9.17, 15) is 4.79 Å². The molecule has 0 saturated carbocycles. The SMILES string of the molecule is CCC(CN)CC(=O)Nc1ccc(N2CCCC2)nc1. The lowest BCUT2D eigenvalue weighted by atomic mass is 10.0. The van der Waals surface area contributed by atoms with Crippen LogP contribution in [0.2, 0.25) is 0 Å². The highest BCUT2D eigenvalue weighted by atomic mass is 16.1. The molecule has 1 aliphatic rings. The van der Waals surface area contributed by atoms with E-state index in [-0.39, 0.29) is 11.8 Å². The van der Waals surface area contributed by atoms with Gasteiger partial charge in [0.2, 0.25) is 5.91 Å². The number of nitrogens with one attached hydrogen (secondary N) is 1. The molecule has 0 aliphatic carbocycles. The minimum absolute atomic E-state index is 0.0121. The second-order valence-corrected chi connectivity index (χ2v) is 5.36. The van der Waals surface area contributed by atoms with Crippen molar-refractivity contribution in [3.8, 4) is 0 Å². The second-order valence-electron chi connectivity index (χ2n) is 5.36. The van der Waals surface area contributed by atoms with Crippen molar-refractivity contribution in [3.05, 3.63) is 18.3 Å². The van der Waals surface area contributed by atoms with E-state index in [1.165, 1.54) is 12.8 Å². The van der Waals surface area contributed by atoms with Crippen LogP contribution in [-0.4, -0.2) is 30.5 Å². The van der Waals surface area contributed by atoms with E-state index in [0.29, 0.717) is 13.0 Å². The number of hydrogen-bond acceptors (Lipinski definition) is 4. The lowest BCUT2D eigenvalue weighted by molar-refractivity contribution is -0.117. The van der Waals surface area contributed by atoms with Crippen LogP contribution in [0.5, 0.6) is 0 Å². The number of carbonyl (C=O) groups excluding carboxylic acids is 1. The molecular formula is C15H24N4O. The Morgan fingerprint density at radius 1 is 1.45 bits per heavy atom. The van der Waals surface area contributed by atoms with Gasteiger partial charge in [0.05, 0.1) is 11.9 Å². The van der Waals surface area contributed by atoms with Gasteiger partial charge < -0.3 is 16.0 Å². The van der Waals surface area contributed by atoms with E-state index in [1.54, 1.807) is 6.20 Å². The fourth-order valence-corrected chi connectivity index (χ4v) is 2.46. The molecule has 20 heavy (non-hydrogen) atoms. The summed E-state index contributed by atoms with van der Waals surface area (Å²) in [5.41, 5.74) is 6.37. The Kier molecular flexibility index (Phi) is 5.35. The van der Waals surface area contributed by atoms with Gasteiger partial charge in [0.15, 0.2) is 0 Å². The van der Waals surface area contributed by atoms with Crippen LogP contribution in [0.25, 0.3) is 0 Å². The molecule has 3 N–H and O–H groups in total. The average molecular weight is 276 g/mol. The van der Waals surface area contributed by atoms with Crippen molar-refractivity contribution < 1.29 is 4.79 Å². The number of aromatic nitrogens is 1. The zero-order chi connectivity index (χ0) is 14.4. The monoisotopic (exact) mass is 276 g/mol. The van der Waals surface area contributed by atoms with E-state index in [1.807, 2.05) is 12.1 Å². The van der Waals surface area contributed by atoms with Crippen molar-refractivity contribution in [2.24, 2.45) is 11.7 Å². The summed E-state index contributed by atoms with van der Waals surface area (Å²) in [6, 6.07) is 3.89. The van der Waals surface area contributed by atoms with Crippen LogP contribution >= 0.6 is 0 Å². The van der Waals surface area contributed by atoms with Gasteiger partial charge in [-0.3, -0.25) is 4.79 Å². The van der Waals surface area contributed by atoms with Gasteiger partial charge in [-0.1, -0.05) is 13.3 Å². The first-order chi connectivity index (χ1) is 9.72. The Labute approximate surface area is 120 Å². The van der Waals surface area contributed by atoms with Crippen LogP contribution in [0.4, 0.5) is 11.5 Å². The highest BCUT2D eigenvalue weighted by molar-refractivity contribution is 5.90. The van der Waals surface area contributed by atoms with Crippen molar-refractivity contribution in [2.75, 3.05) is 29.9 Å².